The van der Waals surface area contributed by atoms with E-state index >= 15 is 0 Å². The highest BCUT2D eigenvalue weighted by molar-refractivity contribution is 5.81. The summed E-state index contributed by atoms with van der Waals surface area (Å²) in [5.41, 5.74) is 9.33. The number of nitrogens with two attached hydrogens (primary N) is 1. The number of nitrogen functional groups attached to an aromatic ring is 1. The molecule has 0 spiro atoms. The van der Waals surface area contributed by atoms with Crippen LogP contribution in [0.2, 0.25) is 0 Å². The Kier molecular flexibility index (Phi) is 2.59. The van der Waals surface area contributed by atoms with Crippen LogP contribution in [-0.4, -0.2) is 9.97 Å². The number of fused-ring (bicyclic) bond motifs is 1. The van der Waals surface area contributed by atoms with Crippen molar-refractivity contribution in [2.45, 2.75) is 6.92 Å². The van der Waals surface area contributed by atoms with Crippen LogP contribution >= 0.6 is 0 Å². The Balaban J connectivity index is 1.98. The van der Waals surface area contributed by atoms with E-state index in [4.69, 9.17) is 5.73 Å². The first-order valence-electron chi connectivity index (χ1n) is 5.90. The number of aryl methyl sites for hydroxylation is 1. The minimum atomic E-state index is -0.314. The van der Waals surface area contributed by atoms with Gasteiger partial charge in [0.2, 0.25) is 5.95 Å². The maximum Gasteiger partial charge on any atom is 0.205 e. The normalized spacial score (nSPS) is 10.8. The quantitative estimate of drug-likeness (QED) is 0.616. The fourth-order valence-electron chi connectivity index (χ4n) is 1.95. The van der Waals surface area contributed by atoms with Gasteiger partial charge in [-0.2, -0.15) is 0 Å². The third-order valence-corrected chi connectivity index (χ3v) is 2.88. The number of H-pyrrole nitrogens is 1. The molecule has 2 aromatic carbocycles. The van der Waals surface area contributed by atoms with Crippen LogP contribution in [0.1, 0.15) is 5.56 Å². The molecule has 96 valence electrons. The standard InChI is InChI=1S/C14H13FN4/c1-8-2-4-10(15)12(6-8)18-14-17-11-5-3-9(16)7-13(11)19-14/h2-7H,16H2,1H3,(H2,17,18,19). The first kappa shape index (κ1) is 11.5. The lowest BCUT2D eigenvalue weighted by atomic mass is 10.2. The van der Waals surface area contributed by atoms with Gasteiger partial charge in [0.05, 0.1) is 16.7 Å². The van der Waals surface area contributed by atoms with Crippen LogP contribution in [0.25, 0.3) is 11.0 Å². The number of halogens is 1. The predicted octanol–water partition coefficient (Wildman–Crippen LogP) is 3.34. The summed E-state index contributed by atoms with van der Waals surface area (Å²) in [4.78, 5) is 7.39. The van der Waals surface area contributed by atoms with Crippen LogP contribution in [-0.2, 0) is 0 Å². The van der Waals surface area contributed by atoms with Gasteiger partial charge in [-0.05, 0) is 42.8 Å². The molecule has 0 radical (unpaired) electrons. The zero-order valence-corrected chi connectivity index (χ0v) is 10.4. The summed E-state index contributed by atoms with van der Waals surface area (Å²) >= 11 is 0. The third kappa shape index (κ3) is 2.22. The Morgan fingerprint density at radius 3 is 2.89 bits per heavy atom. The Hall–Kier alpha value is -2.56. The molecule has 19 heavy (non-hydrogen) atoms. The van der Waals surface area contributed by atoms with Gasteiger partial charge in [-0.3, -0.25) is 0 Å². The molecule has 0 saturated carbocycles. The number of benzene rings is 2. The van der Waals surface area contributed by atoms with Crippen LogP contribution in [0.4, 0.5) is 21.7 Å². The molecule has 0 aliphatic heterocycles. The largest absolute Gasteiger partial charge is 0.399 e. The highest BCUT2D eigenvalue weighted by atomic mass is 19.1. The summed E-state index contributed by atoms with van der Waals surface area (Å²) in [6, 6.07) is 10.3. The maximum atomic E-state index is 13.7. The number of aromatic nitrogens is 2. The van der Waals surface area contributed by atoms with Gasteiger partial charge in [0, 0.05) is 5.69 Å². The molecular weight excluding hydrogens is 243 g/mol. The Morgan fingerprint density at radius 1 is 1.21 bits per heavy atom. The number of aromatic amines is 1. The van der Waals surface area contributed by atoms with Crippen LogP contribution in [0, 0.1) is 12.7 Å². The van der Waals surface area contributed by atoms with Crippen molar-refractivity contribution < 1.29 is 4.39 Å². The molecule has 3 aromatic rings. The van der Waals surface area contributed by atoms with E-state index in [0.29, 0.717) is 17.3 Å². The molecule has 0 bridgehead atoms. The Morgan fingerprint density at radius 2 is 2.05 bits per heavy atom. The second-order valence-electron chi connectivity index (χ2n) is 4.47. The van der Waals surface area contributed by atoms with Crippen LogP contribution in [0.3, 0.4) is 0 Å². The first-order valence-corrected chi connectivity index (χ1v) is 5.90. The molecule has 0 aliphatic rings. The second-order valence-corrected chi connectivity index (χ2v) is 4.47. The van der Waals surface area contributed by atoms with Gasteiger partial charge < -0.3 is 16.0 Å². The zero-order valence-electron chi connectivity index (χ0n) is 10.4. The van der Waals surface area contributed by atoms with Gasteiger partial charge in [0.15, 0.2) is 0 Å². The fourth-order valence-corrected chi connectivity index (χ4v) is 1.95. The summed E-state index contributed by atoms with van der Waals surface area (Å²) in [5.74, 6) is 0.177. The lowest BCUT2D eigenvalue weighted by Gasteiger charge is -2.05. The highest BCUT2D eigenvalue weighted by Gasteiger charge is 2.06. The number of nitrogens with one attached hydrogen (secondary N) is 2. The molecule has 4 nitrogen and oxygen atoms in total. The third-order valence-electron chi connectivity index (χ3n) is 2.88. The highest BCUT2D eigenvalue weighted by Crippen LogP contribution is 2.22. The molecule has 5 heteroatoms. The van der Waals surface area contributed by atoms with Gasteiger partial charge in [-0.15, -0.1) is 0 Å². The molecule has 0 amide bonds. The number of imidazole rings is 1. The van der Waals surface area contributed by atoms with Gasteiger partial charge >= 0.3 is 0 Å². The molecule has 0 aliphatic carbocycles. The van der Waals surface area contributed by atoms with Gasteiger partial charge in [0.1, 0.15) is 5.82 Å². The first-order chi connectivity index (χ1) is 9.11. The average molecular weight is 256 g/mol. The number of rotatable bonds is 2. The van der Waals surface area contributed by atoms with E-state index in [9.17, 15) is 4.39 Å². The summed E-state index contributed by atoms with van der Waals surface area (Å²) in [5, 5.41) is 2.94. The van der Waals surface area contributed by atoms with E-state index in [1.165, 1.54) is 6.07 Å². The molecule has 0 saturated heterocycles. The fraction of sp³-hybridized carbons (Fsp3) is 0.0714. The molecule has 0 atom stereocenters. The summed E-state index contributed by atoms with van der Waals surface area (Å²) in [6.07, 6.45) is 0. The van der Waals surface area contributed by atoms with E-state index in [1.807, 2.05) is 13.0 Å². The second kappa shape index (κ2) is 4.28. The molecule has 1 heterocycles. The molecule has 3 rings (SSSR count). The smallest absolute Gasteiger partial charge is 0.205 e. The lowest BCUT2D eigenvalue weighted by molar-refractivity contribution is 0.631. The topological polar surface area (TPSA) is 66.7 Å². The van der Waals surface area contributed by atoms with Crippen molar-refractivity contribution in [3.63, 3.8) is 0 Å². The van der Waals surface area contributed by atoms with E-state index in [0.717, 1.165) is 16.6 Å². The van der Waals surface area contributed by atoms with Gasteiger partial charge in [-0.25, -0.2) is 9.37 Å². The number of hydrogen-bond acceptors (Lipinski definition) is 3. The van der Waals surface area contributed by atoms with Crippen molar-refractivity contribution >= 4 is 28.4 Å². The van der Waals surface area contributed by atoms with E-state index < -0.39 is 0 Å². The monoisotopic (exact) mass is 256 g/mol. The van der Waals surface area contributed by atoms with E-state index in [-0.39, 0.29) is 5.82 Å². The van der Waals surface area contributed by atoms with Crippen molar-refractivity contribution in [2.24, 2.45) is 0 Å². The van der Waals surface area contributed by atoms with Gasteiger partial charge in [-0.1, -0.05) is 6.07 Å². The minimum absolute atomic E-state index is 0.314. The molecular formula is C14H13FN4. The molecule has 0 fully saturated rings. The Bertz CT molecular complexity index is 748. The summed E-state index contributed by atoms with van der Waals surface area (Å²) < 4.78 is 13.7. The van der Waals surface area contributed by atoms with Crippen molar-refractivity contribution in [3.05, 3.63) is 47.8 Å². The number of hydrogen-bond donors (Lipinski definition) is 3. The maximum absolute atomic E-state index is 13.7. The molecule has 4 N–H and O–H groups in total. The van der Waals surface area contributed by atoms with Gasteiger partial charge in [0.25, 0.3) is 0 Å². The van der Waals surface area contributed by atoms with Crippen LogP contribution in [0.5, 0.6) is 0 Å². The number of anilines is 3. The molecule has 0 unspecified atom stereocenters. The molecule has 1 aromatic heterocycles. The predicted molar refractivity (Wildman–Crippen MR) is 74.9 cm³/mol. The minimum Gasteiger partial charge on any atom is -0.399 e. The van der Waals surface area contributed by atoms with E-state index in [2.05, 4.69) is 15.3 Å². The van der Waals surface area contributed by atoms with Crippen molar-refractivity contribution in [1.82, 2.24) is 9.97 Å². The SMILES string of the molecule is Cc1ccc(F)c(Nc2nc3ccc(N)cc3[nH]2)c1. The van der Waals surface area contributed by atoms with Crippen molar-refractivity contribution in [3.8, 4) is 0 Å². The van der Waals surface area contributed by atoms with Crippen molar-refractivity contribution in [1.29, 1.82) is 0 Å². The van der Waals surface area contributed by atoms with E-state index in [1.54, 1.807) is 24.3 Å². The number of nitrogens with zero attached hydrogens (tertiary/aromatic N) is 1. The van der Waals surface area contributed by atoms with Crippen LogP contribution in [0.15, 0.2) is 36.4 Å². The summed E-state index contributed by atoms with van der Waals surface area (Å²) in [6.45, 7) is 1.91. The Labute approximate surface area is 109 Å². The average Bonchev–Trinajstić information content (AvgIpc) is 2.75. The summed E-state index contributed by atoms with van der Waals surface area (Å²) in [7, 11) is 0. The lowest BCUT2D eigenvalue weighted by Crippen LogP contribution is -1.95. The van der Waals surface area contributed by atoms with Crippen molar-refractivity contribution in [2.75, 3.05) is 11.1 Å². The zero-order chi connectivity index (χ0) is 13.4. The van der Waals surface area contributed by atoms with Crippen LogP contribution < -0.4 is 11.1 Å².